The van der Waals surface area contributed by atoms with Gasteiger partial charge in [0, 0.05) is 64.2 Å². The van der Waals surface area contributed by atoms with Crippen LogP contribution in [0.15, 0.2) is 67.0 Å². The van der Waals surface area contributed by atoms with Crippen molar-refractivity contribution in [2.45, 2.75) is 12.5 Å². The molecule has 2 fully saturated rings. The van der Waals surface area contributed by atoms with Crippen molar-refractivity contribution >= 4 is 17.7 Å². The quantitative estimate of drug-likeness (QED) is 0.663. The number of hydrogen-bond acceptors (Lipinski definition) is 7. The summed E-state index contributed by atoms with van der Waals surface area (Å²) in [5, 5.41) is 3.59. The van der Waals surface area contributed by atoms with E-state index >= 15 is 0 Å². The minimum absolute atomic E-state index is 0.0116. The number of piperazine rings is 1. The van der Waals surface area contributed by atoms with Gasteiger partial charge in [-0.25, -0.2) is 15.0 Å². The van der Waals surface area contributed by atoms with E-state index in [0.717, 1.165) is 44.4 Å². The molecule has 4 heterocycles. The van der Waals surface area contributed by atoms with Gasteiger partial charge in [-0.3, -0.25) is 4.79 Å². The fraction of sp³-hybridized carbons (Fsp3) is 0.360. The van der Waals surface area contributed by atoms with Crippen molar-refractivity contribution in [2.75, 3.05) is 55.6 Å². The second-order valence-electron chi connectivity index (χ2n) is 8.43. The standard InChI is InChI=1S/C25H29N7O/c33-24(30-14-6-15-31(18-17-30)25-27-11-5-12-28-25)21-9-4-10-23(29-21)32-16-13-26-22(19-32)20-7-2-1-3-8-20/h1-5,7-12,22,26H,6,13-19H2/t22-/m1/s1. The van der Waals surface area contributed by atoms with Crippen molar-refractivity contribution in [2.24, 2.45) is 0 Å². The van der Waals surface area contributed by atoms with E-state index < -0.39 is 0 Å². The van der Waals surface area contributed by atoms with Crippen LogP contribution in [0.4, 0.5) is 11.8 Å². The average molecular weight is 444 g/mol. The van der Waals surface area contributed by atoms with Gasteiger partial charge in [0.1, 0.15) is 11.5 Å². The highest BCUT2D eigenvalue weighted by Crippen LogP contribution is 2.22. The molecule has 2 saturated heterocycles. The minimum Gasteiger partial charge on any atom is -0.353 e. The highest BCUT2D eigenvalue weighted by atomic mass is 16.2. The van der Waals surface area contributed by atoms with Crippen molar-refractivity contribution in [1.82, 2.24) is 25.2 Å². The third kappa shape index (κ3) is 4.96. The summed E-state index contributed by atoms with van der Waals surface area (Å²) in [6.07, 6.45) is 4.38. The summed E-state index contributed by atoms with van der Waals surface area (Å²) in [5.41, 5.74) is 1.78. The fourth-order valence-corrected chi connectivity index (χ4v) is 4.52. The van der Waals surface area contributed by atoms with Crippen LogP contribution in [0.5, 0.6) is 0 Å². The van der Waals surface area contributed by atoms with Gasteiger partial charge in [0.05, 0.1) is 0 Å². The SMILES string of the molecule is O=C(c1cccc(N2CCN[C@@H](c3ccccc3)C2)n1)N1CCCN(c2ncccn2)CC1. The molecule has 170 valence electrons. The molecule has 2 aliphatic heterocycles. The van der Waals surface area contributed by atoms with Gasteiger partial charge in [-0.1, -0.05) is 36.4 Å². The van der Waals surface area contributed by atoms with Crippen LogP contribution < -0.4 is 15.1 Å². The first-order chi connectivity index (χ1) is 16.3. The van der Waals surface area contributed by atoms with Gasteiger partial charge < -0.3 is 20.0 Å². The average Bonchev–Trinajstić information content (AvgIpc) is 3.16. The van der Waals surface area contributed by atoms with Gasteiger partial charge >= 0.3 is 0 Å². The van der Waals surface area contributed by atoms with Gasteiger partial charge in [-0.05, 0) is 30.2 Å². The smallest absolute Gasteiger partial charge is 0.272 e. The van der Waals surface area contributed by atoms with Gasteiger partial charge in [0.2, 0.25) is 5.95 Å². The van der Waals surface area contributed by atoms with E-state index in [1.54, 1.807) is 12.4 Å². The molecule has 1 atom stereocenters. The van der Waals surface area contributed by atoms with Crippen LogP contribution in [-0.2, 0) is 0 Å². The predicted octanol–water partition coefficient (Wildman–Crippen LogP) is 2.38. The highest BCUT2D eigenvalue weighted by Gasteiger charge is 2.25. The summed E-state index contributed by atoms with van der Waals surface area (Å²) in [6, 6.07) is 18.3. The van der Waals surface area contributed by atoms with E-state index in [9.17, 15) is 4.79 Å². The van der Waals surface area contributed by atoms with Crippen LogP contribution in [0.2, 0.25) is 0 Å². The van der Waals surface area contributed by atoms with Crippen molar-refractivity contribution in [3.05, 3.63) is 78.2 Å². The molecule has 2 aliphatic rings. The molecule has 3 aromatic rings. The highest BCUT2D eigenvalue weighted by molar-refractivity contribution is 5.92. The molecular weight excluding hydrogens is 414 g/mol. The first-order valence-electron chi connectivity index (χ1n) is 11.6. The summed E-state index contributed by atoms with van der Waals surface area (Å²) < 4.78 is 0. The Morgan fingerprint density at radius 2 is 1.70 bits per heavy atom. The number of benzene rings is 1. The third-order valence-corrected chi connectivity index (χ3v) is 6.27. The molecule has 0 radical (unpaired) electrons. The zero-order chi connectivity index (χ0) is 22.5. The largest absolute Gasteiger partial charge is 0.353 e. The van der Waals surface area contributed by atoms with Crippen LogP contribution in [0.3, 0.4) is 0 Å². The second kappa shape index (κ2) is 9.95. The summed E-state index contributed by atoms with van der Waals surface area (Å²) in [6.45, 7) is 5.45. The summed E-state index contributed by atoms with van der Waals surface area (Å²) in [7, 11) is 0. The Hall–Kier alpha value is -3.52. The maximum Gasteiger partial charge on any atom is 0.272 e. The second-order valence-corrected chi connectivity index (χ2v) is 8.43. The zero-order valence-electron chi connectivity index (χ0n) is 18.7. The summed E-state index contributed by atoms with van der Waals surface area (Å²) in [5.74, 6) is 1.57. The van der Waals surface area contributed by atoms with E-state index in [2.05, 4.69) is 49.4 Å². The molecular formula is C25H29N7O. The number of aromatic nitrogens is 3. The number of hydrogen-bond donors (Lipinski definition) is 1. The molecule has 0 spiro atoms. The summed E-state index contributed by atoms with van der Waals surface area (Å²) in [4.78, 5) is 33.1. The van der Waals surface area contributed by atoms with E-state index in [0.29, 0.717) is 25.3 Å². The normalized spacial score (nSPS) is 19.3. The molecule has 0 saturated carbocycles. The maximum atomic E-state index is 13.3. The molecule has 1 N–H and O–H groups in total. The Balaban J connectivity index is 1.26. The first-order valence-corrected chi connectivity index (χ1v) is 11.6. The van der Waals surface area contributed by atoms with Crippen molar-refractivity contribution < 1.29 is 4.79 Å². The Labute approximate surface area is 194 Å². The van der Waals surface area contributed by atoms with E-state index in [4.69, 9.17) is 4.98 Å². The number of rotatable bonds is 4. The molecule has 0 aliphatic carbocycles. The lowest BCUT2D eigenvalue weighted by Gasteiger charge is -2.35. The fourth-order valence-electron chi connectivity index (χ4n) is 4.52. The number of nitrogens with zero attached hydrogens (tertiary/aromatic N) is 6. The summed E-state index contributed by atoms with van der Waals surface area (Å²) >= 11 is 0. The first kappa shape index (κ1) is 21.3. The minimum atomic E-state index is -0.0116. The molecule has 0 bridgehead atoms. The van der Waals surface area contributed by atoms with Crippen LogP contribution in [0, 0.1) is 0 Å². The molecule has 8 heteroatoms. The molecule has 1 amide bonds. The lowest BCUT2D eigenvalue weighted by atomic mass is 10.0. The van der Waals surface area contributed by atoms with Gasteiger partial charge in [-0.2, -0.15) is 0 Å². The Morgan fingerprint density at radius 3 is 2.55 bits per heavy atom. The number of carbonyl (C=O) groups excluding carboxylic acids is 1. The molecule has 33 heavy (non-hydrogen) atoms. The molecule has 8 nitrogen and oxygen atoms in total. The molecule has 2 aromatic heterocycles. The van der Waals surface area contributed by atoms with E-state index in [-0.39, 0.29) is 11.9 Å². The van der Waals surface area contributed by atoms with Gasteiger partial charge in [0.15, 0.2) is 0 Å². The number of anilines is 2. The van der Waals surface area contributed by atoms with Crippen LogP contribution in [-0.4, -0.2) is 71.6 Å². The number of carbonyl (C=O) groups is 1. The molecule has 1 aromatic carbocycles. The maximum absolute atomic E-state index is 13.3. The lowest BCUT2D eigenvalue weighted by Crippen LogP contribution is -2.46. The van der Waals surface area contributed by atoms with Gasteiger partial charge in [0.25, 0.3) is 5.91 Å². The van der Waals surface area contributed by atoms with Crippen molar-refractivity contribution in [3.63, 3.8) is 0 Å². The molecule has 0 unspecified atom stereocenters. The predicted molar refractivity (Wildman–Crippen MR) is 128 cm³/mol. The van der Waals surface area contributed by atoms with Crippen LogP contribution in [0.1, 0.15) is 28.5 Å². The Morgan fingerprint density at radius 1 is 0.848 bits per heavy atom. The van der Waals surface area contributed by atoms with E-state index in [1.165, 1.54) is 5.56 Å². The lowest BCUT2D eigenvalue weighted by molar-refractivity contribution is 0.0761. The Bertz CT molecular complexity index is 1060. The van der Waals surface area contributed by atoms with Crippen molar-refractivity contribution in [3.8, 4) is 0 Å². The van der Waals surface area contributed by atoms with Crippen LogP contribution >= 0.6 is 0 Å². The van der Waals surface area contributed by atoms with E-state index in [1.807, 2.05) is 35.2 Å². The monoisotopic (exact) mass is 443 g/mol. The van der Waals surface area contributed by atoms with Crippen molar-refractivity contribution in [1.29, 1.82) is 0 Å². The Kier molecular flexibility index (Phi) is 6.44. The topological polar surface area (TPSA) is 77.5 Å². The number of amides is 1. The van der Waals surface area contributed by atoms with Gasteiger partial charge in [-0.15, -0.1) is 0 Å². The third-order valence-electron chi connectivity index (χ3n) is 6.27. The zero-order valence-corrected chi connectivity index (χ0v) is 18.7. The number of nitrogens with one attached hydrogen (secondary N) is 1. The van der Waals surface area contributed by atoms with Crippen LogP contribution in [0.25, 0.3) is 0 Å². The molecule has 5 rings (SSSR count). The number of pyridine rings is 1.